The normalized spacial score (nSPS) is 5.71. The average molecular weight is 783 g/mol. The van der Waals surface area contributed by atoms with Crippen molar-refractivity contribution in [1.82, 2.24) is 6.15 Å². The van der Waals surface area contributed by atoms with Gasteiger partial charge in [0.15, 0.2) is 0 Å². The van der Waals surface area contributed by atoms with E-state index >= 15 is 0 Å². The molecule has 0 fully saturated rings. The van der Waals surface area contributed by atoms with Crippen LogP contribution >= 0.6 is 0 Å². The molecule has 0 bridgehead atoms. The van der Waals surface area contributed by atoms with Crippen LogP contribution in [0.15, 0.2) is 0 Å². The van der Waals surface area contributed by atoms with Crippen molar-refractivity contribution < 1.29 is 119 Å². The maximum absolute atomic E-state index is 8.36. The molecule has 0 atom stereocenters. The van der Waals surface area contributed by atoms with Crippen molar-refractivity contribution in [2.75, 3.05) is 0 Å². The minimum Gasteiger partial charge on any atom is -0.369 e. The van der Waals surface area contributed by atoms with E-state index in [1.165, 1.54) is 0 Å². The average Bonchev–Trinajstić information content (AvgIpc) is 2.47. The topological polar surface area (TPSA) is 684 Å². The Kier molecular flexibility index (Phi) is 128. The molecule has 42 heavy (non-hydrogen) atoms. The molecular weight excluding hydrogens is 774 g/mol. The summed E-state index contributed by atoms with van der Waals surface area (Å²) in [6.07, 6.45) is 0. The third-order valence-corrected chi connectivity index (χ3v) is 0. The fourth-order valence-corrected chi connectivity index (χ4v) is 0. The standard InChI is InChI=1S/Ce.5HNO3.5NO3.H3N/c;10*2-1(3)4;/h;5*(H,2,3,4);;;;;;1H3/q+4;;;;;;5*-1;/p+1. The van der Waals surface area contributed by atoms with Gasteiger partial charge in [-0.25, -0.2) is 0 Å². The van der Waals surface area contributed by atoms with Gasteiger partial charge in [-0.2, -0.15) is 0 Å². The van der Waals surface area contributed by atoms with Gasteiger partial charge in [0.05, 0.1) is 25.4 Å². The second-order valence-corrected chi connectivity index (χ2v) is 2.31. The summed E-state index contributed by atoms with van der Waals surface area (Å²) < 4.78 is 0. The van der Waals surface area contributed by atoms with Gasteiger partial charge in [0.25, 0.3) is 25.4 Å². The molecule has 0 spiro atoms. The van der Waals surface area contributed by atoms with Gasteiger partial charge in [-0.05, 0) is 0 Å². The van der Waals surface area contributed by atoms with Crippen LogP contribution in [-0.4, -0.2) is 76.9 Å². The first-order chi connectivity index (χ1) is 17.3. The van der Waals surface area contributed by atoms with Gasteiger partial charge in [0, 0.05) is 0 Å². The van der Waals surface area contributed by atoms with Crippen molar-refractivity contribution in [2.45, 2.75) is 0 Å². The van der Waals surface area contributed by atoms with E-state index in [0.717, 1.165) is 0 Å². The first kappa shape index (κ1) is 76.5. The van der Waals surface area contributed by atoms with Gasteiger partial charge in [0.2, 0.25) is 0 Å². The van der Waals surface area contributed by atoms with E-state index in [1.54, 1.807) is 0 Å². The first-order valence-corrected chi connectivity index (χ1v) is 5.56. The van der Waals surface area contributed by atoms with Crippen molar-refractivity contribution in [2.24, 2.45) is 0 Å². The van der Waals surface area contributed by atoms with E-state index in [1.807, 2.05) is 0 Å². The Labute approximate surface area is 251 Å². The Morgan fingerprint density at radius 1 is 0.262 bits per heavy atom. The van der Waals surface area contributed by atoms with Crippen LogP contribution in [0, 0.1) is 169 Å². The summed E-state index contributed by atoms with van der Waals surface area (Å²) in [7, 11) is 0. The number of nitrogens with zero attached hydrogens (tertiary/aromatic N) is 10. The molecule has 0 saturated heterocycles. The molecule has 0 aliphatic heterocycles. The van der Waals surface area contributed by atoms with Crippen LogP contribution in [0.3, 0.4) is 0 Å². The summed E-state index contributed by atoms with van der Waals surface area (Å²) in [5.74, 6) is 0. The van der Waals surface area contributed by atoms with Crippen molar-refractivity contribution in [3.63, 3.8) is 0 Å². The monoisotopic (exact) mass is 783 g/mol. The molecule has 0 radical (unpaired) electrons. The Morgan fingerprint density at radius 2 is 0.262 bits per heavy atom. The van der Waals surface area contributed by atoms with Crippen LogP contribution in [-0.2, 0) is 0 Å². The largest absolute Gasteiger partial charge is 4.00 e. The zero-order valence-corrected chi connectivity index (χ0v) is 21.6. The molecule has 0 amide bonds. The first-order valence-electron chi connectivity index (χ1n) is 5.56. The molecule has 0 aromatic rings. The van der Waals surface area contributed by atoms with E-state index in [0.29, 0.717) is 0 Å². The smallest absolute Gasteiger partial charge is 0.369 e. The molecule has 248 valence electrons. The van der Waals surface area contributed by atoms with E-state index in [4.69, 9.17) is 153 Å². The van der Waals surface area contributed by atoms with Gasteiger partial charge in [-0.1, -0.05) is 0 Å². The summed E-state index contributed by atoms with van der Waals surface area (Å²) in [4.78, 5) is 83.1. The second kappa shape index (κ2) is 70.1. The molecule has 0 aromatic heterocycles. The summed E-state index contributed by atoms with van der Waals surface area (Å²) >= 11 is 0. The number of hydrogen-bond acceptors (Lipinski definition) is 25. The third-order valence-electron chi connectivity index (χ3n) is 0. The minimum absolute atomic E-state index is 0. The van der Waals surface area contributed by atoms with Crippen LogP contribution in [0.5, 0.6) is 0 Å². The minimum atomic E-state index is -1.75. The summed E-state index contributed by atoms with van der Waals surface area (Å²) in [5.41, 5.74) is 0. The number of quaternary nitrogens is 1. The van der Waals surface area contributed by atoms with E-state index in [-0.39, 0.29) is 47.9 Å². The summed E-state index contributed by atoms with van der Waals surface area (Å²) in [5, 5.41) is 142. The van der Waals surface area contributed by atoms with Crippen LogP contribution in [0.4, 0.5) is 0 Å². The Balaban J connectivity index is -0.0000000237. The molecule has 0 aromatic carbocycles. The molecule has 0 unspecified atom stereocenters. The van der Waals surface area contributed by atoms with Crippen LogP contribution < -0.4 is 6.15 Å². The second-order valence-electron chi connectivity index (χ2n) is 2.31. The number of hydrogen-bond donors (Lipinski definition) is 6. The zero-order valence-electron chi connectivity index (χ0n) is 18.4. The van der Waals surface area contributed by atoms with E-state index < -0.39 is 50.9 Å². The maximum Gasteiger partial charge on any atom is 4.00 e. The predicted octanol–water partition coefficient (Wildman–Crippen LogP) is -2.56. The van der Waals surface area contributed by atoms with Crippen LogP contribution in [0.1, 0.15) is 0 Å². The van der Waals surface area contributed by atoms with Crippen molar-refractivity contribution >= 4 is 0 Å². The Hall–Kier alpha value is -6.66. The molecule has 0 rings (SSSR count). The van der Waals surface area contributed by atoms with Gasteiger partial charge in [-0.15, -0.1) is 50.6 Å². The van der Waals surface area contributed by atoms with Crippen molar-refractivity contribution in [3.05, 3.63) is 127 Å². The molecule has 0 aliphatic carbocycles. The Bertz CT molecular complexity index is 471. The molecule has 42 heteroatoms. The maximum atomic E-state index is 8.36. The molecule has 0 heterocycles. The fraction of sp³-hybridized carbons (Fsp3) is 0. The Morgan fingerprint density at radius 3 is 0.262 bits per heavy atom. The molecule has 41 nitrogen and oxygen atoms in total. The van der Waals surface area contributed by atoms with Gasteiger partial charge < -0.3 is 109 Å². The van der Waals surface area contributed by atoms with Crippen LogP contribution in [0.2, 0.25) is 0 Å². The van der Waals surface area contributed by atoms with Gasteiger partial charge >= 0.3 is 41.7 Å². The molecule has 9 N–H and O–H groups in total. The number of rotatable bonds is 0. The molecule has 0 saturated carbocycles. The quantitative estimate of drug-likeness (QED) is 0.109. The van der Waals surface area contributed by atoms with Gasteiger partial charge in [0.1, 0.15) is 0 Å². The van der Waals surface area contributed by atoms with E-state index in [9.17, 15) is 0 Å². The van der Waals surface area contributed by atoms with Crippen molar-refractivity contribution in [1.29, 1.82) is 0 Å². The predicted molar refractivity (Wildman–Crippen MR) is 102 cm³/mol. The van der Waals surface area contributed by atoms with E-state index in [2.05, 4.69) is 0 Å². The third kappa shape index (κ3) is 785. The van der Waals surface area contributed by atoms with Gasteiger partial charge in [-0.3, -0.25) is 0 Å². The zero-order chi connectivity index (χ0) is 35.8. The SMILES string of the molecule is O=[N+]([O-])O.O=[N+]([O-])O.O=[N+]([O-])O.O=[N+]([O-])O.O=[N+]([O-])O.O=[N+]([O-])[O-].O=[N+]([O-])[O-].O=[N+]([O-])[O-].O=[N+]([O-])[O-].O=[N+]([O-])[O-].[Ce+4].[NH4+]. The summed E-state index contributed by atoms with van der Waals surface area (Å²) in [6, 6.07) is 0. The summed E-state index contributed by atoms with van der Waals surface area (Å²) in [6.45, 7) is 0. The van der Waals surface area contributed by atoms with Crippen molar-refractivity contribution in [3.8, 4) is 0 Å². The fourth-order valence-electron chi connectivity index (χ4n) is 0. The molecule has 0 aliphatic rings. The molecular formula is H9CeN11O30. The van der Waals surface area contributed by atoms with Crippen LogP contribution in [0.25, 0.3) is 0 Å².